The van der Waals surface area contributed by atoms with Crippen LogP contribution in [0.2, 0.25) is 10.0 Å². The Morgan fingerprint density at radius 2 is 1.57 bits per heavy atom. The van der Waals surface area contributed by atoms with Crippen LogP contribution in [0, 0.1) is 20.8 Å². The molecule has 2 aromatic carbocycles. The van der Waals surface area contributed by atoms with E-state index >= 15 is 0 Å². The zero-order valence-electron chi connectivity index (χ0n) is 15.2. The first-order valence-electron chi connectivity index (χ1n) is 8.06. The van der Waals surface area contributed by atoms with E-state index in [9.17, 15) is 21.6 Å². The molecule has 0 saturated heterocycles. The maximum Gasteiger partial charge on any atom is 0.405 e. The minimum absolute atomic E-state index is 0.145. The molecular weight excluding hydrogens is 454 g/mol. The normalized spacial score (nSPS) is 13.6. The third-order valence-electron chi connectivity index (χ3n) is 3.88. The van der Waals surface area contributed by atoms with Gasteiger partial charge in [-0.2, -0.15) is 17.9 Å². The molecule has 0 aliphatic carbocycles. The van der Waals surface area contributed by atoms with E-state index in [0.29, 0.717) is 11.1 Å². The molecule has 10 heteroatoms. The van der Waals surface area contributed by atoms with E-state index in [1.165, 1.54) is 12.1 Å². The molecule has 28 heavy (non-hydrogen) atoms. The number of hydrogen-bond donors (Lipinski definition) is 1. The maximum absolute atomic E-state index is 13.5. The highest BCUT2D eigenvalue weighted by atomic mass is 35.5. The van der Waals surface area contributed by atoms with Crippen molar-refractivity contribution in [2.24, 2.45) is 0 Å². The molecule has 0 spiro atoms. The number of alkyl halides is 3. The van der Waals surface area contributed by atoms with Gasteiger partial charge < -0.3 is 0 Å². The van der Waals surface area contributed by atoms with Gasteiger partial charge in [0.25, 0.3) is 0 Å². The molecule has 154 valence electrons. The molecule has 0 aromatic heterocycles. The second kappa shape index (κ2) is 8.83. The number of rotatable bonds is 6. The summed E-state index contributed by atoms with van der Waals surface area (Å²) in [5.74, 6) is -0.615. The molecular formula is C18H18Cl2F3NO2S2. The summed E-state index contributed by atoms with van der Waals surface area (Å²) in [6.45, 7) is 4.89. The summed E-state index contributed by atoms with van der Waals surface area (Å²) < 4.78 is 67.8. The van der Waals surface area contributed by atoms with Crippen molar-refractivity contribution in [2.75, 3.05) is 5.75 Å². The molecule has 1 N–H and O–H groups in total. The lowest BCUT2D eigenvalue weighted by molar-refractivity contribution is -0.145. The Balaban J connectivity index is 2.32. The highest BCUT2D eigenvalue weighted by Crippen LogP contribution is 2.36. The zero-order valence-corrected chi connectivity index (χ0v) is 18.3. The van der Waals surface area contributed by atoms with E-state index < -0.39 is 28.0 Å². The van der Waals surface area contributed by atoms with Crippen molar-refractivity contribution in [3.63, 3.8) is 0 Å². The van der Waals surface area contributed by atoms with Crippen LogP contribution in [0.4, 0.5) is 13.2 Å². The lowest BCUT2D eigenvalue weighted by atomic mass is 10.1. The summed E-state index contributed by atoms with van der Waals surface area (Å²) in [7, 11) is -4.39. The lowest BCUT2D eigenvalue weighted by Gasteiger charge is -2.23. The van der Waals surface area contributed by atoms with Crippen molar-refractivity contribution in [3.05, 3.63) is 57.1 Å². The number of hydrogen-bond acceptors (Lipinski definition) is 3. The standard InChI is InChI=1S/C18H18Cl2F3NO2S2/c1-10-7-11(2)17(12(3)8-10)28(25,26)24-15(18(21,22)23)9-27-16-13(19)5-4-6-14(16)20/h4-8,15,24H,9H2,1-3H3. The minimum atomic E-state index is -4.79. The molecule has 0 aliphatic heterocycles. The van der Waals surface area contributed by atoms with Crippen LogP contribution in [0.3, 0.4) is 0 Å². The Bertz CT molecular complexity index is 936. The number of aryl methyl sites for hydroxylation is 3. The van der Waals surface area contributed by atoms with Gasteiger partial charge in [-0.05, 0) is 44.0 Å². The average Bonchev–Trinajstić information content (AvgIpc) is 2.50. The number of sulfonamides is 1. The summed E-state index contributed by atoms with van der Waals surface area (Å²) >= 11 is 12.7. The van der Waals surface area contributed by atoms with Crippen molar-refractivity contribution in [3.8, 4) is 0 Å². The van der Waals surface area contributed by atoms with Gasteiger partial charge in [-0.15, -0.1) is 11.8 Å². The maximum atomic E-state index is 13.5. The van der Waals surface area contributed by atoms with Gasteiger partial charge in [0.2, 0.25) is 10.0 Å². The summed E-state index contributed by atoms with van der Waals surface area (Å²) in [5, 5.41) is 0.401. The molecule has 0 radical (unpaired) electrons. The van der Waals surface area contributed by atoms with Crippen molar-refractivity contribution in [2.45, 2.75) is 42.8 Å². The van der Waals surface area contributed by atoms with Gasteiger partial charge in [0, 0.05) is 10.6 Å². The molecule has 0 fully saturated rings. The van der Waals surface area contributed by atoms with Crippen LogP contribution in [0.5, 0.6) is 0 Å². The lowest BCUT2D eigenvalue weighted by Crippen LogP contribution is -2.47. The fraction of sp³-hybridized carbons (Fsp3) is 0.333. The van der Waals surface area contributed by atoms with Gasteiger partial charge >= 0.3 is 6.18 Å². The zero-order chi connectivity index (χ0) is 21.3. The van der Waals surface area contributed by atoms with Gasteiger partial charge in [-0.25, -0.2) is 8.42 Å². The topological polar surface area (TPSA) is 46.2 Å². The van der Waals surface area contributed by atoms with Crippen LogP contribution >= 0.6 is 35.0 Å². The SMILES string of the molecule is Cc1cc(C)c(S(=O)(=O)NC(CSc2c(Cl)cccc2Cl)C(F)(F)F)c(C)c1. The van der Waals surface area contributed by atoms with Gasteiger partial charge in [0.1, 0.15) is 6.04 Å². The summed E-state index contributed by atoms with van der Waals surface area (Å²) in [4.78, 5) is 0.120. The quantitative estimate of drug-likeness (QED) is 0.531. The van der Waals surface area contributed by atoms with Crippen molar-refractivity contribution >= 4 is 45.0 Å². The fourth-order valence-electron chi connectivity index (χ4n) is 2.82. The number of halogens is 5. The highest BCUT2D eigenvalue weighted by molar-refractivity contribution is 7.99. The predicted octanol–water partition coefficient (Wildman–Crippen LogP) is 5.92. The monoisotopic (exact) mass is 471 g/mol. The smallest absolute Gasteiger partial charge is 0.207 e. The molecule has 2 rings (SSSR count). The molecule has 2 aromatic rings. The first-order valence-corrected chi connectivity index (χ1v) is 11.3. The Labute approximate surface area is 176 Å². The van der Waals surface area contributed by atoms with Crippen LogP contribution in [-0.2, 0) is 10.0 Å². The fourth-order valence-corrected chi connectivity index (χ4v) is 6.34. The van der Waals surface area contributed by atoms with Crippen LogP contribution < -0.4 is 4.72 Å². The summed E-state index contributed by atoms with van der Waals surface area (Å²) in [6, 6.07) is 5.49. The number of benzene rings is 2. The Morgan fingerprint density at radius 3 is 2.04 bits per heavy atom. The third kappa shape index (κ3) is 5.57. The first-order chi connectivity index (χ1) is 12.8. The van der Waals surface area contributed by atoms with Crippen LogP contribution in [-0.4, -0.2) is 26.4 Å². The second-order valence-electron chi connectivity index (χ2n) is 6.31. The molecule has 0 heterocycles. The molecule has 0 aliphatic rings. The van der Waals surface area contributed by atoms with Crippen molar-refractivity contribution in [1.82, 2.24) is 4.72 Å². The highest BCUT2D eigenvalue weighted by Gasteiger charge is 2.43. The molecule has 0 saturated carbocycles. The molecule has 1 unspecified atom stereocenters. The largest absolute Gasteiger partial charge is 0.405 e. The minimum Gasteiger partial charge on any atom is -0.207 e. The van der Waals surface area contributed by atoms with Crippen molar-refractivity contribution < 1.29 is 21.6 Å². The summed E-state index contributed by atoms with van der Waals surface area (Å²) in [5.41, 5.74) is 1.59. The van der Waals surface area contributed by atoms with Gasteiger partial charge in [0.05, 0.1) is 14.9 Å². The van der Waals surface area contributed by atoms with Crippen LogP contribution in [0.25, 0.3) is 0 Å². The van der Waals surface area contributed by atoms with E-state index in [2.05, 4.69) is 0 Å². The molecule has 0 bridgehead atoms. The summed E-state index contributed by atoms with van der Waals surface area (Å²) in [6.07, 6.45) is -4.79. The predicted molar refractivity (Wildman–Crippen MR) is 108 cm³/mol. The second-order valence-corrected chi connectivity index (χ2v) is 9.80. The van der Waals surface area contributed by atoms with E-state index in [1.807, 2.05) is 0 Å². The van der Waals surface area contributed by atoms with Gasteiger partial charge in [-0.3, -0.25) is 0 Å². The average molecular weight is 472 g/mol. The molecule has 0 amide bonds. The van der Waals surface area contributed by atoms with Gasteiger partial charge in [-0.1, -0.05) is 47.0 Å². The van der Waals surface area contributed by atoms with E-state index in [4.69, 9.17) is 23.2 Å². The Hall–Kier alpha value is -0.930. The van der Waals surface area contributed by atoms with Crippen LogP contribution in [0.1, 0.15) is 16.7 Å². The number of nitrogens with one attached hydrogen (secondary N) is 1. The van der Waals surface area contributed by atoms with Crippen molar-refractivity contribution in [1.29, 1.82) is 0 Å². The first kappa shape index (κ1) is 23.3. The van der Waals surface area contributed by atoms with Gasteiger partial charge in [0.15, 0.2) is 0 Å². The molecule has 3 nitrogen and oxygen atoms in total. The van der Waals surface area contributed by atoms with E-state index in [1.54, 1.807) is 43.7 Å². The van der Waals surface area contributed by atoms with E-state index in [-0.39, 0.29) is 19.8 Å². The van der Waals surface area contributed by atoms with E-state index in [0.717, 1.165) is 17.3 Å². The Morgan fingerprint density at radius 1 is 1.07 bits per heavy atom. The third-order valence-corrected chi connectivity index (χ3v) is 7.74. The molecule has 1 atom stereocenters. The van der Waals surface area contributed by atoms with Crippen LogP contribution in [0.15, 0.2) is 40.1 Å². The number of thioether (sulfide) groups is 1. The Kier molecular flexibility index (Phi) is 7.37.